The molecular formula is C10H8Cl2OS. The van der Waals surface area contributed by atoms with Crippen LogP contribution in [0.3, 0.4) is 0 Å². The van der Waals surface area contributed by atoms with E-state index in [9.17, 15) is 0 Å². The van der Waals surface area contributed by atoms with Gasteiger partial charge in [0.2, 0.25) is 0 Å². The van der Waals surface area contributed by atoms with E-state index >= 15 is 0 Å². The zero-order chi connectivity index (χ0) is 10.1. The van der Waals surface area contributed by atoms with Gasteiger partial charge >= 0.3 is 0 Å². The van der Waals surface area contributed by atoms with E-state index in [0.717, 1.165) is 25.7 Å². The fraction of sp³-hybridized carbons (Fsp3) is 0.200. The van der Waals surface area contributed by atoms with Crippen LogP contribution < -0.4 is 4.74 Å². The van der Waals surface area contributed by atoms with Crippen LogP contribution in [0.4, 0.5) is 0 Å². The lowest BCUT2D eigenvalue weighted by Gasteiger charge is -1.98. The van der Waals surface area contributed by atoms with Gasteiger partial charge in [-0.05, 0) is 29.1 Å². The standard InChI is InChI=1S/C10H8Cl2OS/c1-13-10-3-6-2-7(5-11)8(12)4-9(6)14-10/h2-4H,5H2,1H3. The molecule has 74 valence electrons. The SMILES string of the molecule is COc1cc2cc(CCl)c(Cl)cc2s1. The number of alkyl halides is 1. The Kier molecular flexibility index (Phi) is 2.86. The zero-order valence-electron chi connectivity index (χ0n) is 7.51. The second kappa shape index (κ2) is 3.97. The Balaban J connectivity index is 2.64. The molecular weight excluding hydrogens is 239 g/mol. The number of fused-ring (bicyclic) bond motifs is 1. The van der Waals surface area contributed by atoms with Crippen molar-refractivity contribution in [1.82, 2.24) is 0 Å². The molecule has 2 aromatic rings. The van der Waals surface area contributed by atoms with Gasteiger partial charge in [-0.1, -0.05) is 22.9 Å². The first kappa shape index (κ1) is 10.1. The van der Waals surface area contributed by atoms with Gasteiger partial charge in [0, 0.05) is 15.6 Å². The van der Waals surface area contributed by atoms with E-state index in [0.29, 0.717) is 5.88 Å². The lowest BCUT2D eigenvalue weighted by atomic mass is 10.2. The van der Waals surface area contributed by atoms with Gasteiger partial charge in [0.05, 0.1) is 7.11 Å². The number of methoxy groups -OCH3 is 1. The van der Waals surface area contributed by atoms with E-state index in [1.807, 2.05) is 18.2 Å². The number of hydrogen-bond donors (Lipinski definition) is 0. The first-order chi connectivity index (χ1) is 6.74. The molecule has 2 rings (SSSR count). The molecule has 0 N–H and O–H groups in total. The van der Waals surface area contributed by atoms with Crippen molar-refractivity contribution in [3.63, 3.8) is 0 Å². The molecule has 0 aliphatic carbocycles. The maximum absolute atomic E-state index is 6.04. The minimum absolute atomic E-state index is 0.437. The van der Waals surface area contributed by atoms with Crippen LogP contribution in [-0.4, -0.2) is 7.11 Å². The monoisotopic (exact) mass is 246 g/mol. The summed E-state index contributed by atoms with van der Waals surface area (Å²) in [5, 5.41) is 2.74. The highest BCUT2D eigenvalue weighted by molar-refractivity contribution is 7.20. The predicted octanol–water partition coefficient (Wildman–Crippen LogP) is 4.30. The fourth-order valence-corrected chi connectivity index (χ4v) is 2.77. The molecule has 0 unspecified atom stereocenters. The Morgan fingerprint density at radius 1 is 1.36 bits per heavy atom. The lowest BCUT2D eigenvalue weighted by molar-refractivity contribution is 0.427. The highest BCUT2D eigenvalue weighted by atomic mass is 35.5. The van der Waals surface area contributed by atoms with E-state index in [1.165, 1.54) is 0 Å². The number of thiophene rings is 1. The van der Waals surface area contributed by atoms with Gasteiger partial charge in [-0.15, -0.1) is 11.6 Å². The third-order valence-corrected chi connectivity index (χ3v) is 3.71. The van der Waals surface area contributed by atoms with Crippen LogP contribution in [0, 0.1) is 0 Å². The molecule has 14 heavy (non-hydrogen) atoms. The lowest BCUT2D eigenvalue weighted by Crippen LogP contribution is -1.78. The van der Waals surface area contributed by atoms with E-state index < -0.39 is 0 Å². The Morgan fingerprint density at radius 3 is 2.79 bits per heavy atom. The molecule has 0 aliphatic rings. The highest BCUT2D eigenvalue weighted by Crippen LogP contribution is 2.35. The van der Waals surface area contributed by atoms with Crippen molar-refractivity contribution < 1.29 is 4.74 Å². The second-order valence-electron chi connectivity index (χ2n) is 2.88. The number of halogens is 2. The van der Waals surface area contributed by atoms with Gasteiger partial charge in [0.25, 0.3) is 0 Å². The molecule has 4 heteroatoms. The maximum Gasteiger partial charge on any atom is 0.174 e. The smallest absolute Gasteiger partial charge is 0.174 e. The molecule has 0 radical (unpaired) electrons. The Morgan fingerprint density at radius 2 is 2.14 bits per heavy atom. The molecule has 1 aromatic heterocycles. The topological polar surface area (TPSA) is 9.23 Å². The molecule has 0 amide bonds. The molecule has 1 nitrogen and oxygen atoms in total. The van der Waals surface area contributed by atoms with Crippen LogP contribution in [0.5, 0.6) is 5.06 Å². The Bertz CT molecular complexity index is 464. The summed E-state index contributed by atoms with van der Waals surface area (Å²) in [5.74, 6) is 0.437. The normalized spacial score (nSPS) is 10.8. The summed E-state index contributed by atoms with van der Waals surface area (Å²) in [7, 11) is 1.66. The number of benzene rings is 1. The van der Waals surface area contributed by atoms with Gasteiger partial charge in [-0.2, -0.15) is 0 Å². The molecule has 0 bridgehead atoms. The molecule has 0 fully saturated rings. The zero-order valence-corrected chi connectivity index (χ0v) is 9.84. The first-order valence-corrected chi connectivity index (χ1v) is 5.79. The van der Waals surface area contributed by atoms with Gasteiger partial charge < -0.3 is 4.74 Å². The van der Waals surface area contributed by atoms with E-state index in [2.05, 4.69) is 0 Å². The van der Waals surface area contributed by atoms with E-state index in [4.69, 9.17) is 27.9 Å². The fourth-order valence-electron chi connectivity index (χ4n) is 1.29. The Hall–Kier alpha value is -0.440. The number of ether oxygens (including phenoxy) is 1. The number of hydrogen-bond acceptors (Lipinski definition) is 2. The summed E-state index contributed by atoms with van der Waals surface area (Å²) >= 11 is 13.4. The van der Waals surface area contributed by atoms with Crippen LogP contribution in [0.15, 0.2) is 18.2 Å². The van der Waals surface area contributed by atoms with Crippen molar-refractivity contribution in [3.8, 4) is 5.06 Å². The molecule has 0 saturated heterocycles. The van der Waals surface area contributed by atoms with E-state index in [1.54, 1.807) is 18.4 Å². The average Bonchev–Trinajstić information content (AvgIpc) is 2.58. The summed E-state index contributed by atoms with van der Waals surface area (Å²) in [4.78, 5) is 0. The van der Waals surface area contributed by atoms with Crippen molar-refractivity contribution in [1.29, 1.82) is 0 Å². The minimum Gasteiger partial charge on any atom is -0.487 e. The van der Waals surface area contributed by atoms with E-state index in [-0.39, 0.29) is 0 Å². The van der Waals surface area contributed by atoms with Gasteiger partial charge in [0.15, 0.2) is 5.06 Å². The molecule has 1 heterocycles. The van der Waals surface area contributed by atoms with Gasteiger partial charge in [-0.3, -0.25) is 0 Å². The van der Waals surface area contributed by atoms with Crippen LogP contribution >= 0.6 is 34.5 Å². The molecule has 1 aromatic carbocycles. The number of rotatable bonds is 2. The summed E-state index contributed by atoms with van der Waals surface area (Å²) < 4.78 is 6.28. The molecule has 0 aliphatic heterocycles. The summed E-state index contributed by atoms with van der Waals surface area (Å²) in [6.07, 6.45) is 0. The summed E-state index contributed by atoms with van der Waals surface area (Å²) in [5.41, 5.74) is 0.960. The Labute approximate surface area is 96.2 Å². The minimum atomic E-state index is 0.437. The first-order valence-electron chi connectivity index (χ1n) is 4.06. The molecule has 0 saturated carbocycles. The predicted molar refractivity (Wildman–Crippen MR) is 62.9 cm³/mol. The third-order valence-electron chi connectivity index (χ3n) is 2.01. The second-order valence-corrected chi connectivity index (χ2v) is 4.61. The van der Waals surface area contributed by atoms with Crippen LogP contribution in [0.1, 0.15) is 5.56 Å². The quantitative estimate of drug-likeness (QED) is 0.719. The van der Waals surface area contributed by atoms with Crippen molar-refractivity contribution in [2.45, 2.75) is 5.88 Å². The van der Waals surface area contributed by atoms with Crippen LogP contribution in [0.2, 0.25) is 5.02 Å². The van der Waals surface area contributed by atoms with Crippen molar-refractivity contribution in [2.24, 2.45) is 0 Å². The maximum atomic E-state index is 6.04. The summed E-state index contributed by atoms with van der Waals surface area (Å²) in [6.45, 7) is 0. The van der Waals surface area contributed by atoms with Crippen LogP contribution in [0.25, 0.3) is 10.1 Å². The van der Waals surface area contributed by atoms with Gasteiger partial charge in [0.1, 0.15) is 0 Å². The van der Waals surface area contributed by atoms with Crippen LogP contribution in [-0.2, 0) is 5.88 Å². The molecule has 0 spiro atoms. The third kappa shape index (κ3) is 1.70. The molecule has 0 atom stereocenters. The average molecular weight is 247 g/mol. The highest BCUT2D eigenvalue weighted by Gasteiger charge is 2.06. The van der Waals surface area contributed by atoms with Crippen molar-refractivity contribution in [2.75, 3.05) is 7.11 Å². The van der Waals surface area contributed by atoms with Crippen molar-refractivity contribution in [3.05, 3.63) is 28.8 Å². The summed E-state index contributed by atoms with van der Waals surface area (Å²) in [6, 6.07) is 5.93. The van der Waals surface area contributed by atoms with Gasteiger partial charge in [-0.25, -0.2) is 0 Å². The van der Waals surface area contributed by atoms with Crippen molar-refractivity contribution >= 4 is 44.6 Å². The largest absolute Gasteiger partial charge is 0.487 e.